The highest BCUT2D eigenvalue weighted by atomic mass is 14.2. The van der Waals surface area contributed by atoms with Crippen molar-refractivity contribution in [2.45, 2.75) is 26.2 Å². The number of allylic oxidation sites excluding steroid dienone is 4. The maximum Gasteiger partial charge on any atom is 0.0908 e. The monoisotopic (exact) mass is 135 g/mol. The molecule has 54 valence electrons. The molecule has 0 saturated heterocycles. The number of unbranched alkanes of at least 4 members (excludes halogenated alkanes) is 1. The van der Waals surface area contributed by atoms with E-state index in [2.05, 4.69) is 19.1 Å². The van der Waals surface area contributed by atoms with Crippen LogP contribution < -0.4 is 0 Å². The number of hydrogen-bond acceptors (Lipinski definition) is 1. The van der Waals surface area contributed by atoms with Gasteiger partial charge in [-0.15, -0.1) is 0 Å². The zero-order chi connectivity index (χ0) is 7.66. The van der Waals surface area contributed by atoms with E-state index in [9.17, 15) is 0 Å². The van der Waals surface area contributed by atoms with Gasteiger partial charge >= 0.3 is 0 Å². The van der Waals surface area contributed by atoms with Crippen LogP contribution in [0.25, 0.3) is 0 Å². The molecular weight excluding hydrogens is 122 g/mol. The van der Waals surface area contributed by atoms with Crippen molar-refractivity contribution in [3.05, 3.63) is 24.3 Å². The Morgan fingerprint density at radius 1 is 1.20 bits per heavy atom. The van der Waals surface area contributed by atoms with Crippen molar-refractivity contribution in [1.29, 1.82) is 5.26 Å². The first-order chi connectivity index (χ1) is 4.91. The van der Waals surface area contributed by atoms with Gasteiger partial charge in [0.1, 0.15) is 0 Å². The van der Waals surface area contributed by atoms with E-state index in [-0.39, 0.29) is 0 Å². The van der Waals surface area contributed by atoms with Crippen LogP contribution in [0.15, 0.2) is 24.3 Å². The normalized spacial score (nSPS) is 10.8. The minimum absolute atomic E-state index is 0.976. The minimum atomic E-state index is 0.976. The number of hydrogen-bond donors (Lipinski definition) is 0. The van der Waals surface area contributed by atoms with Gasteiger partial charge in [0.05, 0.1) is 6.07 Å². The van der Waals surface area contributed by atoms with E-state index in [1.54, 1.807) is 0 Å². The lowest BCUT2D eigenvalue weighted by Gasteiger charge is -1.82. The number of nitrogens with zero attached hydrogens (tertiary/aromatic N) is 1. The van der Waals surface area contributed by atoms with E-state index in [4.69, 9.17) is 5.26 Å². The Morgan fingerprint density at radius 2 is 1.90 bits per heavy atom. The average molecular weight is 135 g/mol. The molecule has 0 amide bonds. The van der Waals surface area contributed by atoms with E-state index in [1.165, 1.54) is 6.08 Å². The van der Waals surface area contributed by atoms with Crippen LogP contribution in [-0.4, -0.2) is 0 Å². The molecular formula is C9H13N. The summed E-state index contributed by atoms with van der Waals surface area (Å²) in [6.07, 6.45) is 10.8. The van der Waals surface area contributed by atoms with Crippen LogP contribution in [0.5, 0.6) is 0 Å². The van der Waals surface area contributed by atoms with Crippen molar-refractivity contribution in [3.8, 4) is 6.07 Å². The van der Waals surface area contributed by atoms with Crippen molar-refractivity contribution in [3.63, 3.8) is 0 Å². The van der Waals surface area contributed by atoms with Crippen LogP contribution in [0.3, 0.4) is 0 Å². The van der Waals surface area contributed by atoms with Gasteiger partial charge in [0, 0.05) is 6.08 Å². The third-order valence-corrected chi connectivity index (χ3v) is 1.09. The topological polar surface area (TPSA) is 23.8 Å². The van der Waals surface area contributed by atoms with E-state index in [1.807, 2.05) is 12.1 Å². The second kappa shape index (κ2) is 7.97. The summed E-state index contributed by atoms with van der Waals surface area (Å²) < 4.78 is 0. The Balaban J connectivity index is 3.14. The first-order valence-electron chi connectivity index (χ1n) is 3.61. The van der Waals surface area contributed by atoms with Gasteiger partial charge in [-0.25, -0.2) is 0 Å². The van der Waals surface area contributed by atoms with Gasteiger partial charge in [-0.3, -0.25) is 0 Å². The van der Waals surface area contributed by atoms with Crippen LogP contribution in [0.1, 0.15) is 26.2 Å². The Kier molecular flexibility index (Phi) is 7.15. The van der Waals surface area contributed by atoms with Gasteiger partial charge in [-0.05, 0) is 19.3 Å². The van der Waals surface area contributed by atoms with Crippen LogP contribution in [0, 0.1) is 11.3 Å². The smallest absolute Gasteiger partial charge is 0.0908 e. The number of rotatable bonds is 4. The molecule has 0 aliphatic rings. The summed E-state index contributed by atoms with van der Waals surface area (Å²) in [7, 11) is 0. The van der Waals surface area contributed by atoms with Crippen molar-refractivity contribution in [2.75, 3.05) is 0 Å². The zero-order valence-corrected chi connectivity index (χ0v) is 6.38. The summed E-state index contributed by atoms with van der Waals surface area (Å²) in [6, 6.07) is 1.95. The minimum Gasteiger partial charge on any atom is -0.193 e. The van der Waals surface area contributed by atoms with Gasteiger partial charge in [0.25, 0.3) is 0 Å². The second-order valence-electron chi connectivity index (χ2n) is 1.99. The zero-order valence-electron chi connectivity index (χ0n) is 6.38. The summed E-state index contributed by atoms with van der Waals surface area (Å²) >= 11 is 0. The van der Waals surface area contributed by atoms with Crippen molar-refractivity contribution in [2.24, 2.45) is 0 Å². The Morgan fingerprint density at radius 3 is 2.50 bits per heavy atom. The standard InChI is InChI=1S/C9H13N/c1-2-3-4-5-6-7-8-9-10/h3-4,7-8H,2,5-6H2,1H3/b4-3-,8-7-. The predicted octanol–water partition coefficient (Wildman–Crippen LogP) is 2.81. The second-order valence-corrected chi connectivity index (χ2v) is 1.99. The van der Waals surface area contributed by atoms with Crippen molar-refractivity contribution < 1.29 is 0 Å². The van der Waals surface area contributed by atoms with Gasteiger partial charge in [-0.2, -0.15) is 5.26 Å². The largest absolute Gasteiger partial charge is 0.193 e. The molecule has 0 atom stereocenters. The molecule has 0 heterocycles. The fourth-order valence-electron chi connectivity index (χ4n) is 0.613. The summed E-state index contributed by atoms with van der Waals surface area (Å²) in [4.78, 5) is 0. The highest BCUT2D eigenvalue weighted by molar-refractivity contribution is 5.02. The van der Waals surface area contributed by atoms with Crippen LogP contribution >= 0.6 is 0 Å². The van der Waals surface area contributed by atoms with E-state index in [0.717, 1.165) is 19.3 Å². The van der Waals surface area contributed by atoms with Gasteiger partial charge in [0.2, 0.25) is 0 Å². The highest BCUT2D eigenvalue weighted by Crippen LogP contribution is 1.93. The molecule has 0 aliphatic heterocycles. The molecule has 0 spiro atoms. The fourth-order valence-corrected chi connectivity index (χ4v) is 0.613. The Hall–Kier alpha value is -1.03. The number of nitriles is 1. The lowest BCUT2D eigenvalue weighted by Crippen LogP contribution is -1.63. The molecule has 0 aliphatic carbocycles. The quantitative estimate of drug-likeness (QED) is 0.330. The summed E-state index contributed by atoms with van der Waals surface area (Å²) in [5.41, 5.74) is 0. The Labute approximate surface area is 62.7 Å². The third-order valence-electron chi connectivity index (χ3n) is 1.09. The van der Waals surface area contributed by atoms with E-state index >= 15 is 0 Å². The summed E-state index contributed by atoms with van der Waals surface area (Å²) in [6.45, 7) is 2.11. The molecule has 10 heavy (non-hydrogen) atoms. The Bertz CT molecular complexity index is 149. The SMILES string of the molecule is CC/C=C\CC/C=C\C#N. The van der Waals surface area contributed by atoms with Crippen LogP contribution in [0.2, 0.25) is 0 Å². The first-order valence-corrected chi connectivity index (χ1v) is 3.61. The van der Waals surface area contributed by atoms with E-state index < -0.39 is 0 Å². The molecule has 0 bridgehead atoms. The molecule has 1 heteroatoms. The fraction of sp³-hybridized carbons (Fsp3) is 0.444. The molecule has 0 aromatic heterocycles. The molecule has 0 fully saturated rings. The van der Waals surface area contributed by atoms with E-state index in [0.29, 0.717) is 0 Å². The van der Waals surface area contributed by atoms with Crippen LogP contribution in [-0.2, 0) is 0 Å². The van der Waals surface area contributed by atoms with Gasteiger partial charge in [-0.1, -0.05) is 25.2 Å². The maximum absolute atomic E-state index is 8.11. The lowest BCUT2D eigenvalue weighted by molar-refractivity contribution is 1.04. The third kappa shape index (κ3) is 6.97. The summed E-state index contributed by atoms with van der Waals surface area (Å²) in [5.74, 6) is 0. The van der Waals surface area contributed by atoms with Crippen LogP contribution in [0.4, 0.5) is 0 Å². The van der Waals surface area contributed by atoms with Gasteiger partial charge < -0.3 is 0 Å². The molecule has 0 saturated carbocycles. The van der Waals surface area contributed by atoms with Gasteiger partial charge in [0.15, 0.2) is 0 Å². The van der Waals surface area contributed by atoms with Crippen molar-refractivity contribution >= 4 is 0 Å². The molecule has 0 unspecified atom stereocenters. The summed E-state index contributed by atoms with van der Waals surface area (Å²) in [5, 5.41) is 8.11. The lowest BCUT2D eigenvalue weighted by atomic mass is 10.2. The highest BCUT2D eigenvalue weighted by Gasteiger charge is 1.73. The molecule has 0 aromatic carbocycles. The van der Waals surface area contributed by atoms with Crippen molar-refractivity contribution in [1.82, 2.24) is 0 Å². The first kappa shape index (κ1) is 8.97. The predicted molar refractivity (Wildman–Crippen MR) is 43.4 cm³/mol. The maximum atomic E-state index is 8.11. The molecule has 0 rings (SSSR count). The molecule has 0 N–H and O–H groups in total. The molecule has 1 nitrogen and oxygen atoms in total. The molecule has 0 radical (unpaired) electrons. The average Bonchev–Trinajstić information content (AvgIpc) is 1.97. The molecule has 0 aromatic rings.